The quantitative estimate of drug-likeness (QED) is 0.479. The maximum atomic E-state index is 14.5. The van der Waals surface area contributed by atoms with Gasteiger partial charge in [0.25, 0.3) is 0 Å². The van der Waals surface area contributed by atoms with Crippen LogP contribution in [0.15, 0.2) is 24.3 Å². The number of nitrogens with zero attached hydrogens (tertiary/aromatic N) is 4. The lowest BCUT2D eigenvalue weighted by Gasteiger charge is -2.20. The van der Waals surface area contributed by atoms with Crippen LogP contribution in [0.2, 0.25) is 0 Å². The van der Waals surface area contributed by atoms with Crippen LogP contribution >= 0.6 is 0 Å². The largest absolute Gasteiger partial charge is 0.494 e. The van der Waals surface area contributed by atoms with E-state index < -0.39 is 5.82 Å². The van der Waals surface area contributed by atoms with Crippen LogP contribution in [0.3, 0.4) is 0 Å². The molecule has 0 saturated carbocycles. The Kier molecular flexibility index (Phi) is 7.80. The summed E-state index contributed by atoms with van der Waals surface area (Å²) in [4.78, 5) is 19.7. The number of amides is 1. The van der Waals surface area contributed by atoms with Crippen molar-refractivity contribution >= 4 is 11.6 Å². The van der Waals surface area contributed by atoms with E-state index in [1.165, 1.54) is 13.2 Å². The number of rotatable bonds is 10. The molecule has 3 aromatic rings. The molecule has 0 unspecified atom stereocenters. The summed E-state index contributed by atoms with van der Waals surface area (Å²) in [7, 11) is 3.04. The summed E-state index contributed by atoms with van der Waals surface area (Å²) in [5.41, 5.74) is 4.40. The Balaban J connectivity index is 2.17. The zero-order valence-electron chi connectivity index (χ0n) is 19.4. The topological polar surface area (TPSA) is 69.0 Å². The molecule has 1 amide bonds. The molecule has 0 atom stereocenters. The van der Waals surface area contributed by atoms with Crippen molar-refractivity contribution in [3.05, 3.63) is 47.0 Å². The average molecular weight is 443 g/mol. The van der Waals surface area contributed by atoms with Crippen LogP contribution in [0.25, 0.3) is 16.9 Å². The molecule has 0 fully saturated rings. The molecule has 0 aliphatic carbocycles. The van der Waals surface area contributed by atoms with E-state index in [-0.39, 0.29) is 18.1 Å². The molecule has 2 heterocycles. The van der Waals surface area contributed by atoms with Gasteiger partial charge < -0.3 is 14.4 Å². The predicted molar refractivity (Wildman–Crippen MR) is 122 cm³/mol. The van der Waals surface area contributed by atoms with Gasteiger partial charge in [0, 0.05) is 42.7 Å². The van der Waals surface area contributed by atoms with Crippen molar-refractivity contribution in [2.75, 3.05) is 33.9 Å². The van der Waals surface area contributed by atoms with Gasteiger partial charge >= 0.3 is 0 Å². The van der Waals surface area contributed by atoms with Gasteiger partial charge in [-0.1, -0.05) is 13.8 Å². The molecular formula is C24H31FN4O3. The zero-order chi connectivity index (χ0) is 23.3. The van der Waals surface area contributed by atoms with E-state index in [0.29, 0.717) is 42.2 Å². The number of carbonyl (C=O) groups is 1. The first kappa shape index (κ1) is 23.7. The number of aryl methyl sites for hydroxylation is 2. The molecule has 32 heavy (non-hydrogen) atoms. The van der Waals surface area contributed by atoms with Crippen molar-refractivity contribution in [3.63, 3.8) is 0 Å². The van der Waals surface area contributed by atoms with Gasteiger partial charge in [-0.05, 0) is 44.0 Å². The van der Waals surface area contributed by atoms with E-state index in [0.717, 1.165) is 24.2 Å². The van der Waals surface area contributed by atoms with Crippen molar-refractivity contribution in [1.29, 1.82) is 0 Å². The third-order valence-electron chi connectivity index (χ3n) is 5.59. The molecule has 0 saturated heterocycles. The van der Waals surface area contributed by atoms with Gasteiger partial charge in [0.1, 0.15) is 0 Å². The molecule has 8 heteroatoms. The summed E-state index contributed by atoms with van der Waals surface area (Å²) in [6.07, 6.45) is 1.64. The van der Waals surface area contributed by atoms with Crippen LogP contribution < -0.4 is 4.74 Å². The Hall–Kier alpha value is -3.00. The molecule has 0 bridgehead atoms. The normalized spacial score (nSPS) is 11.2. The van der Waals surface area contributed by atoms with Crippen LogP contribution in [0.5, 0.6) is 5.75 Å². The number of benzene rings is 1. The fourth-order valence-corrected chi connectivity index (χ4v) is 3.74. The maximum Gasteiger partial charge on any atom is 0.227 e. The van der Waals surface area contributed by atoms with Crippen LogP contribution in [-0.4, -0.2) is 59.3 Å². The van der Waals surface area contributed by atoms with Gasteiger partial charge in [0.15, 0.2) is 17.2 Å². The first-order chi connectivity index (χ1) is 15.5. The monoisotopic (exact) mass is 442 g/mol. The zero-order valence-corrected chi connectivity index (χ0v) is 19.4. The summed E-state index contributed by atoms with van der Waals surface area (Å²) >= 11 is 0. The van der Waals surface area contributed by atoms with Gasteiger partial charge in [-0.3, -0.25) is 4.79 Å². The van der Waals surface area contributed by atoms with E-state index in [1.807, 2.05) is 19.9 Å². The molecule has 0 N–H and O–H groups in total. The van der Waals surface area contributed by atoms with E-state index in [9.17, 15) is 9.18 Å². The molecule has 7 nitrogen and oxygen atoms in total. The lowest BCUT2D eigenvalue weighted by Crippen LogP contribution is -2.34. The summed E-state index contributed by atoms with van der Waals surface area (Å²) < 4.78 is 26.5. The average Bonchev–Trinajstić information content (AvgIpc) is 3.16. The Morgan fingerprint density at radius 1 is 1.16 bits per heavy atom. The van der Waals surface area contributed by atoms with Gasteiger partial charge in [-0.2, -0.15) is 5.10 Å². The van der Waals surface area contributed by atoms with Crippen molar-refractivity contribution in [2.45, 2.75) is 40.0 Å². The Morgan fingerprint density at radius 2 is 1.94 bits per heavy atom. The van der Waals surface area contributed by atoms with Crippen LogP contribution in [0, 0.1) is 5.82 Å². The third-order valence-corrected chi connectivity index (χ3v) is 5.59. The summed E-state index contributed by atoms with van der Waals surface area (Å²) in [5.74, 6) is -0.364. The highest BCUT2D eigenvalue weighted by atomic mass is 19.1. The second-order valence-corrected chi connectivity index (χ2v) is 7.50. The molecule has 3 rings (SSSR count). The summed E-state index contributed by atoms with van der Waals surface area (Å²) in [6, 6.07) is 6.75. The minimum atomic E-state index is -0.479. The number of aromatic nitrogens is 3. The van der Waals surface area contributed by atoms with E-state index in [4.69, 9.17) is 19.6 Å². The maximum absolute atomic E-state index is 14.5. The highest BCUT2D eigenvalue weighted by Gasteiger charge is 2.23. The Morgan fingerprint density at radius 3 is 2.53 bits per heavy atom. The second-order valence-electron chi connectivity index (χ2n) is 7.50. The fraction of sp³-hybridized carbons (Fsp3) is 0.458. The molecule has 2 aromatic heterocycles. The number of fused-ring (bicyclic) bond motifs is 1. The lowest BCUT2D eigenvalue weighted by atomic mass is 10.0. The molecule has 0 aliphatic rings. The van der Waals surface area contributed by atoms with Gasteiger partial charge in [0.2, 0.25) is 5.91 Å². The molecule has 172 valence electrons. The number of likely N-dealkylation sites (N-methyl/N-ethyl adjacent to an activating group) is 1. The number of hydrogen-bond donors (Lipinski definition) is 0. The van der Waals surface area contributed by atoms with Crippen LogP contribution in [0.1, 0.15) is 37.7 Å². The molecule has 0 radical (unpaired) electrons. The highest BCUT2D eigenvalue weighted by molar-refractivity contribution is 5.84. The number of carbonyl (C=O) groups excluding carboxylic acids is 1. The number of methoxy groups -OCH3 is 2. The van der Waals surface area contributed by atoms with E-state index >= 15 is 0 Å². The molecular weight excluding hydrogens is 411 g/mol. The van der Waals surface area contributed by atoms with Crippen molar-refractivity contribution in [3.8, 4) is 17.0 Å². The van der Waals surface area contributed by atoms with Gasteiger partial charge in [0.05, 0.1) is 25.8 Å². The lowest BCUT2D eigenvalue weighted by molar-refractivity contribution is -0.130. The predicted octanol–water partition coefficient (Wildman–Crippen LogP) is 3.71. The van der Waals surface area contributed by atoms with Gasteiger partial charge in [-0.25, -0.2) is 13.9 Å². The number of halogens is 1. The van der Waals surface area contributed by atoms with Crippen molar-refractivity contribution < 1.29 is 18.7 Å². The number of hydrogen-bond acceptors (Lipinski definition) is 5. The standard InChI is InChI=1S/C24H31FN4O3/c1-6-17-14-18(7-2)29-24(26-17)19(15-22(30)28(8-3)11-12-31-4)23(27-29)16-9-10-21(32-5)20(25)13-16/h9-10,13-14H,6-8,11-12,15H2,1-5H3. The second kappa shape index (κ2) is 10.5. The summed E-state index contributed by atoms with van der Waals surface area (Å²) in [6.45, 7) is 7.57. The first-order valence-electron chi connectivity index (χ1n) is 11.0. The van der Waals surface area contributed by atoms with Crippen molar-refractivity contribution in [2.24, 2.45) is 0 Å². The molecule has 1 aromatic carbocycles. The minimum Gasteiger partial charge on any atom is -0.494 e. The molecule has 0 spiro atoms. The Bertz CT molecular complexity index is 1100. The van der Waals surface area contributed by atoms with Gasteiger partial charge in [-0.15, -0.1) is 0 Å². The number of ether oxygens (including phenoxy) is 2. The van der Waals surface area contributed by atoms with E-state index in [2.05, 4.69) is 6.92 Å². The Labute approximate surface area is 188 Å². The minimum absolute atomic E-state index is 0.0450. The fourth-order valence-electron chi connectivity index (χ4n) is 3.74. The van der Waals surface area contributed by atoms with Crippen molar-refractivity contribution in [1.82, 2.24) is 19.5 Å². The highest BCUT2D eigenvalue weighted by Crippen LogP contribution is 2.30. The smallest absolute Gasteiger partial charge is 0.227 e. The van der Waals surface area contributed by atoms with Crippen LogP contribution in [-0.2, 0) is 28.8 Å². The third kappa shape index (κ3) is 4.75. The summed E-state index contributed by atoms with van der Waals surface area (Å²) in [5, 5.41) is 4.78. The van der Waals surface area contributed by atoms with E-state index in [1.54, 1.807) is 28.7 Å². The van der Waals surface area contributed by atoms with Crippen LogP contribution in [0.4, 0.5) is 4.39 Å². The first-order valence-corrected chi connectivity index (χ1v) is 11.0. The SMILES string of the molecule is CCc1cc(CC)n2nc(-c3ccc(OC)c(F)c3)c(CC(=O)N(CC)CCOC)c2n1. The molecule has 0 aliphatic heterocycles.